The number of nitrogens with one attached hydrogen (secondary N) is 1. The molecule has 0 bridgehead atoms. The molecule has 0 heterocycles. The molecular weight excluding hydrogens is 294 g/mol. The van der Waals surface area contributed by atoms with Gasteiger partial charge in [-0.3, -0.25) is 4.79 Å². The maximum atomic E-state index is 11.9. The molecule has 0 amide bonds. The van der Waals surface area contributed by atoms with Gasteiger partial charge in [-0.15, -0.1) is 0 Å². The van der Waals surface area contributed by atoms with Gasteiger partial charge in [0, 0.05) is 18.7 Å². The number of aliphatic carboxylic acids is 1. The highest BCUT2D eigenvalue weighted by Crippen LogP contribution is 2.15. The Morgan fingerprint density at radius 1 is 1.53 bits per heavy atom. The predicted octanol–water partition coefficient (Wildman–Crippen LogP) is 1.11. The van der Waals surface area contributed by atoms with Crippen LogP contribution in [-0.4, -0.2) is 39.3 Å². The Labute approximate surface area is 116 Å². The van der Waals surface area contributed by atoms with Gasteiger partial charge in [0.1, 0.15) is 0 Å². The van der Waals surface area contributed by atoms with Gasteiger partial charge in [-0.05, 0) is 18.2 Å². The summed E-state index contributed by atoms with van der Waals surface area (Å²) in [4.78, 5) is 10.6. The number of carboxylic acids is 1. The fraction of sp³-hybridized carbons (Fsp3) is 0.364. The second-order valence-electron chi connectivity index (χ2n) is 3.76. The van der Waals surface area contributed by atoms with Gasteiger partial charge in [0.05, 0.1) is 17.4 Å². The van der Waals surface area contributed by atoms with E-state index in [2.05, 4.69) is 4.72 Å². The van der Waals surface area contributed by atoms with Gasteiger partial charge in [-0.2, -0.15) is 0 Å². The van der Waals surface area contributed by atoms with Gasteiger partial charge in [0.25, 0.3) is 0 Å². The molecule has 6 nitrogen and oxygen atoms in total. The van der Waals surface area contributed by atoms with Crippen LogP contribution in [0.1, 0.15) is 6.42 Å². The van der Waals surface area contributed by atoms with E-state index in [0.717, 1.165) is 0 Å². The molecule has 1 aromatic rings. The maximum Gasteiger partial charge on any atom is 0.306 e. The summed E-state index contributed by atoms with van der Waals surface area (Å²) in [7, 11) is -2.41. The lowest BCUT2D eigenvalue weighted by atomic mass is 10.2. The van der Waals surface area contributed by atoms with E-state index >= 15 is 0 Å². The molecule has 1 atom stereocenters. The highest BCUT2D eigenvalue weighted by molar-refractivity contribution is 7.89. The second-order valence-corrected chi connectivity index (χ2v) is 5.97. The molecule has 19 heavy (non-hydrogen) atoms. The quantitative estimate of drug-likeness (QED) is 0.787. The number of carbonyl (C=O) groups is 1. The number of rotatable bonds is 7. The first kappa shape index (κ1) is 15.9. The smallest absolute Gasteiger partial charge is 0.306 e. The van der Waals surface area contributed by atoms with E-state index < -0.39 is 22.1 Å². The molecule has 0 saturated carbocycles. The topological polar surface area (TPSA) is 92.7 Å². The van der Waals surface area contributed by atoms with Crippen molar-refractivity contribution in [3.05, 3.63) is 29.3 Å². The Morgan fingerprint density at radius 2 is 2.21 bits per heavy atom. The zero-order valence-electron chi connectivity index (χ0n) is 10.2. The van der Waals surface area contributed by atoms with Crippen LogP contribution in [0.2, 0.25) is 5.02 Å². The van der Waals surface area contributed by atoms with Gasteiger partial charge in [-0.1, -0.05) is 17.7 Å². The van der Waals surface area contributed by atoms with E-state index in [0.29, 0.717) is 5.02 Å². The summed E-state index contributed by atoms with van der Waals surface area (Å²) in [6, 6.07) is 5.78. The molecule has 0 aliphatic rings. The number of carboxylic acid groups (broad SMARTS) is 1. The third-order valence-corrected chi connectivity index (χ3v) is 4.00. The Kier molecular flexibility index (Phi) is 5.74. The van der Waals surface area contributed by atoms with E-state index in [-0.39, 0.29) is 17.9 Å². The number of benzene rings is 1. The molecule has 0 spiro atoms. The van der Waals surface area contributed by atoms with Crippen LogP contribution in [-0.2, 0) is 19.6 Å². The Hall–Kier alpha value is -1.15. The highest BCUT2D eigenvalue weighted by Gasteiger charge is 2.18. The number of ether oxygens (including phenoxy) is 1. The third kappa shape index (κ3) is 5.15. The summed E-state index contributed by atoms with van der Waals surface area (Å²) in [6.45, 7) is -0.127. The summed E-state index contributed by atoms with van der Waals surface area (Å²) < 4.78 is 31.0. The van der Waals surface area contributed by atoms with Crippen LogP contribution in [0.15, 0.2) is 29.2 Å². The molecule has 8 heteroatoms. The fourth-order valence-electron chi connectivity index (χ4n) is 1.35. The summed E-state index contributed by atoms with van der Waals surface area (Å²) in [6.07, 6.45) is -1.01. The molecule has 0 aliphatic heterocycles. The normalized spacial score (nSPS) is 13.2. The SMILES string of the molecule is COC(CNS(=O)(=O)c1cccc(Cl)c1)CC(=O)O. The van der Waals surface area contributed by atoms with Crippen molar-refractivity contribution in [2.45, 2.75) is 17.4 Å². The Bertz CT molecular complexity index is 546. The molecule has 2 N–H and O–H groups in total. The van der Waals surface area contributed by atoms with Crippen LogP contribution in [0.5, 0.6) is 0 Å². The second kappa shape index (κ2) is 6.85. The zero-order valence-corrected chi connectivity index (χ0v) is 11.7. The van der Waals surface area contributed by atoms with Gasteiger partial charge >= 0.3 is 5.97 Å². The fourth-order valence-corrected chi connectivity index (χ4v) is 2.72. The first-order chi connectivity index (χ1) is 8.85. The largest absolute Gasteiger partial charge is 0.481 e. The molecule has 106 valence electrons. The van der Waals surface area contributed by atoms with E-state index in [1.807, 2.05) is 0 Å². The minimum absolute atomic E-state index is 0.0187. The monoisotopic (exact) mass is 307 g/mol. The lowest BCUT2D eigenvalue weighted by molar-refractivity contribution is -0.139. The van der Waals surface area contributed by atoms with E-state index in [1.54, 1.807) is 6.07 Å². The third-order valence-electron chi connectivity index (χ3n) is 2.34. The molecule has 1 rings (SSSR count). The predicted molar refractivity (Wildman–Crippen MR) is 69.7 cm³/mol. The van der Waals surface area contributed by atoms with Crippen molar-refractivity contribution in [1.82, 2.24) is 4.72 Å². The van der Waals surface area contributed by atoms with Crippen LogP contribution in [0, 0.1) is 0 Å². The Balaban J connectivity index is 2.72. The number of methoxy groups -OCH3 is 1. The van der Waals surface area contributed by atoms with Crippen molar-refractivity contribution in [2.24, 2.45) is 0 Å². The first-order valence-electron chi connectivity index (χ1n) is 5.35. The number of hydrogen-bond acceptors (Lipinski definition) is 4. The van der Waals surface area contributed by atoms with E-state index in [1.165, 1.54) is 25.3 Å². The molecule has 1 aromatic carbocycles. The van der Waals surface area contributed by atoms with Crippen LogP contribution >= 0.6 is 11.6 Å². The average molecular weight is 308 g/mol. The van der Waals surface area contributed by atoms with Crippen molar-refractivity contribution in [3.8, 4) is 0 Å². The van der Waals surface area contributed by atoms with Crippen LogP contribution in [0.4, 0.5) is 0 Å². The number of sulfonamides is 1. The lowest BCUT2D eigenvalue weighted by Crippen LogP contribution is -2.34. The van der Waals surface area contributed by atoms with Crippen molar-refractivity contribution >= 4 is 27.6 Å². The molecule has 0 aliphatic carbocycles. The average Bonchev–Trinajstić information content (AvgIpc) is 2.34. The zero-order chi connectivity index (χ0) is 14.5. The van der Waals surface area contributed by atoms with Crippen LogP contribution in [0.3, 0.4) is 0 Å². The molecule has 0 aromatic heterocycles. The van der Waals surface area contributed by atoms with Crippen molar-refractivity contribution < 1.29 is 23.1 Å². The first-order valence-corrected chi connectivity index (χ1v) is 7.21. The van der Waals surface area contributed by atoms with Crippen molar-refractivity contribution in [3.63, 3.8) is 0 Å². The van der Waals surface area contributed by atoms with E-state index in [9.17, 15) is 13.2 Å². The van der Waals surface area contributed by atoms with Crippen molar-refractivity contribution in [2.75, 3.05) is 13.7 Å². The number of halogens is 1. The lowest BCUT2D eigenvalue weighted by Gasteiger charge is -2.14. The summed E-state index contributed by atoms with van der Waals surface area (Å²) in [5.74, 6) is -1.06. The van der Waals surface area contributed by atoms with Crippen molar-refractivity contribution in [1.29, 1.82) is 0 Å². The molecular formula is C11H14ClNO5S. The van der Waals surface area contributed by atoms with Gasteiger partial charge in [0.2, 0.25) is 10.0 Å². The minimum Gasteiger partial charge on any atom is -0.481 e. The highest BCUT2D eigenvalue weighted by atomic mass is 35.5. The van der Waals surface area contributed by atoms with Crippen LogP contribution < -0.4 is 4.72 Å². The maximum absolute atomic E-state index is 11.9. The Morgan fingerprint density at radius 3 is 2.74 bits per heavy atom. The van der Waals surface area contributed by atoms with E-state index in [4.69, 9.17) is 21.4 Å². The molecule has 0 fully saturated rings. The molecule has 0 saturated heterocycles. The number of hydrogen-bond donors (Lipinski definition) is 2. The standard InChI is InChI=1S/C11H14ClNO5S/c1-18-9(6-11(14)15)7-13-19(16,17)10-4-2-3-8(12)5-10/h2-5,9,13H,6-7H2,1H3,(H,14,15). The summed E-state index contributed by atoms with van der Waals surface area (Å²) in [5.41, 5.74) is 0. The molecule has 0 radical (unpaired) electrons. The summed E-state index contributed by atoms with van der Waals surface area (Å²) >= 11 is 5.72. The minimum atomic E-state index is -3.73. The molecule has 1 unspecified atom stereocenters. The summed E-state index contributed by atoms with van der Waals surface area (Å²) in [5, 5.41) is 8.93. The van der Waals surface area contributed by atoms with Gasteiger partial charge in [0.15, 0.2) is 0 Å². The van der Waals surface area contributed by atoms with Gasteiger partial charge in [-0.25, -0.2) is 13.1 Å². The van der Waals surface area contributed by atoms with Crippen LogP contribution in [0.25, 0.3) is 0 Å². The van der Waals surface area contributed by atoms with Gasteiger partial charge < -0.3 is 9.84 Å².